The maximum atomic E-state index is 6.21. The fourth-order valence-corrected chi connectivity index (χ4v) is 2.96. The minimum atomic E-state index is 0.135. The molecule has 1 saturated heterocycles. The topological polar surface area (TPSA) is 47.1 Å². The van der Waals surface area contributed by atoms with Gasteiger partial charge in [-0.25, -0.2) is 4.98 Å². The monoisotopic (exact) mass is 258 g/mol. The average molecular weight is 258 g/mol. The van der Waals surface area contributed by atoms with Crippen molar-refractivity contribution in [3.63, 3.8) is 0 Å². The van der Waals surface area contributed by atoms with Gasteiger partial charge in [-0.3, -0.25) is 0 Å². The first-order valence-electron chi connectivity index (χ1n) is 6.91. The van der Waals surface area contributed by atoms with E-state index in [1.54, 1.807) is 0 Å². The molecule has 0 amide bonds. The fourth-order valence-electron chi connectivity index (χ4n) is 2.96. The van der Waals surface area contributed by atoms with Crippen molar-refractivity contribution in [3.8, 4) is 0 Å². The summed E-state index contributed by atoms with van der Waals surface area (Å²) in [6, 6.07) is 8.56. The van der Waals surface area contributed by atoms with Crippen LogP contribution in [-0.4, -0.2) is 28.7 Å². The molecule has 1 unspecified atom stereocenters. The molecule has 0 radical (unpaired) electrons. The highest BCUT2D eigenvalue weighted by Gasteiger charge is 2.34. The zero-order valence-corrected chi connectivity index (χ0v) is 11.9. The van der Waals surface area contributed by atoms with Gasteiger partial charge in [-0.05, 0) is 24.0 Å². The second kappa shape index (κ2) is 4.23. The minimum absolute atomic E-state index is 0.135. The lowest BCUT2D eigenvalue weighted by atomic mass is 9.80. The van der Waals surface area contributed by atoms with E-state index in [4.69, 9.17) is 10.7 Å². The number of aryl methyl sites for hydroxylation is 1. The second-order valence-corrected chi connectivity index (χ2v) is 6.26. The summed E-state index contributed by atoms with van der Waals surface area (Å²) in [5.74, 6) is 1.06. The summed E-state index contributed by atoms with van der Waals surface area (Å²) in [6.45, 7) is 6.44. The van der Waals surface area contributed by atoms with Gasteiger partial charge in [-0.15, -0.1) is 0 Å². The number of nitrogens with two attached hydrogens (primary N) is 1. The van der Waals surface area contributed by atoms with E-state index >= 15 is 0 Å². The molecule has 102 valence electrons. The molecule has 2 N–H and O–H groups in total. The van der Waals surface area contributed by atoms with Crippen molar-refractivity contribution in [2.75, 3.05) is 18.0 Å². The van der Waals surface area contributed by atoms with E-state index in [0.29, 0.717) is 0 Å². The Morgan fingerprint density at radius 2 is 2.05 bits per heavy atom. The van der Waals surface area contributed by atoms with Crippen LogP contribution in [0.5, 0.6) is 0 Å². The van der Waals surface area contributed by atoms with Gasteiger partial charge in [0.05, 0.1) is 11.0 Å². The van der Waals surface area contributed by atoms with E-state index in [1.165, 1.54) is 5.52 Å². The number of nitrogens with zero attached hydrogens (tertiary/aromatic N) is 3. The molecule has 4 nitrogen and oxygen atoms in total. The summed E-state index contributed by atoms with van der Waals surface area (Å²) in [7, 11) is 2.09. The van der Waals surface area contributed by atoms with Crippen LogP contribution in [0.15, 0.2) is 24.3 Å². The normalized spacial score (nSPS) is 22.9. The highest BCUT2D eigenvalue weighted by atomic mass is 15.3. The molecule has 4 heteroatoms. The molecule has 1 aromatic carbocycles. The summed E-state index contributed by atoms with van der Waals surface area (Å²) in [5.41, 5.74) is 8.60. The molecule has 1 aromatic heterocycles. The number of fused-ring (bicyclic) bond motifs is 1. The first kappa shape index (κ1) is 12.5. The van der Waals surface area contributed by atoms with Gasteiger partial charge in [-0.2, -0.15) is 0 Å². The molecule has 1 atom stereocenters. The van der Waals surface area contributed by atoms with Crippen LogP contribution in [0, 0.1) is 5.41 Å². The zero-order chi connectivity index (χ0) is 13.6. The van der Waals surface area contributed by atoms with Gasteiger partial charge in [-0.1, -0.05) is 26.0 Å². The van der Waals surface area contributed by atoms with Gasteiger partial charge in [0.15, 0.2) is 0 Å². The molecule has 3 rings (SSSR count). The SMILES string of the molecule is Cn1c(N2CCC(N)C(C)(C)C2)nc2ccccc21. The Balaban J connectivity index is 1.99. The number of piperidine rings is 1. The van der Waals surface area contributed by atoms with E-state index in [2.05, 4.69) is 48.6 Å². The smallest absolute Gasteiger partial charge is 0.206 e. The zero-order valence-electron chi connectivity index (χ0n) is 11.9. The van der Waals surface area contributed by atoms with Gasteiger partial charge >= 0.3 is 0 Å². The highest BCUT2D eigenvalue weighted by molar-refractivity contribution is 5.78. The van der Waals surface area contributed by atoms with Crippen LogP contribution in [0.3, 0.4) is 0 Å². The number of imidazole rings is 1. The lowest BCUT2D eigenvalue weighted by Gasteiger charge is -2.42. The van der Waals surface area contributed by atoms with Crippen molar-refractivity contribution < 1.29 is 0 Å². The molecule has 2 heterocycles. The van der Waals surface area contributed by atoms with Crippen LogP contribution >= 0.6 is 0 Å². The van der Waals surface area contributed by atoms with Gasteiger partial charge in [0.25, 0.3) is 0 Å². The third kappa shape index (κ3) is 2.00. The van der Waals surface area contributed by atoms with Crippen molar-refractivity contribution in [2.24, 2.45) is 18.2 Å². The van der Waals surface area contributed by atoms with E-state index in [1.807, 2.05) is 6.07 Å². The number of anilines is 1. The molecule has 2 aromatic rings. The van der Waals surface area contributed by atoms with Gasteiger partial charge in [0.1, 0.15) is 0 Å². The number of hydrogen-bond donors (Lipinski definition) is 1. The molecule has 19 heavy (non-hydrogen) atoms. The summed E-state index contributed by atoms with van der Waals surface area (Å²) in [6.07, 6.45) is 1.02. The number of hydrogen-bond acceptors (Lipinski definition) is 3. The van der Waals surface area contributed by atoms with E-state index in [-0.39, 0.29) is 11.5 Å². The van der Waals surface area contributed by atoms with Crippen LogP contribution in [0.25, 0.3) is 11.0 Å². The maximum absolute atomic E-state index is 6.21. The third-order valence-corrected chi connectivity index (χ3v) is 4.36. The van der Waals surface area contributed by atoms with Crippen molar-refractivity contribution in [1.82, 2.24) is 9.55 Å². The Kier molecular flexibility index (Phi) is 2.78. The van der Waals surface area contributed by atoms with Crippen molar-refractivity contribution in [2.45, 2.75) is 26.3 Å². The minimum Gasteiger partial charge on any atom is -0.342 e. The second-order valence-electron chi connectivity index (χ2n) is 6.26. The van der Waals surface area contributed by atoms with Crippen molar-refractivity contribution in [3.05, 3.63) is 24.3 Å². The summed E-state index contributed by atoms with van der Waals surface area (Å²) in [5, 5.41) is 0. The van der Waals surface area contributed by atoms with Gasteiger partial charge in [0.2, 0.25) is 5.95 Å². The number of rotatable bonds is 1. The summed E-state index contributed by atoms with van der Waals surface area (Å²) < 4.78 is 2.18. The van der Waals surface area contributed by atoms with Crippen LogP contribution in [0.2, 0.25) is 0 Å². The van der Waals surface area contributed by atoms with Crippen LogP contribution in [0.1, 0.15) is 20.3 Å². The Morgan fingerprint density at radius 3 is 2.74 bits per heavy atom. The molecule has 1 aliphatic rings. The van der Waals surface area contributed by atoms with Gasteiger partial charge < -0.3 is 15.2 Å². The standard InChI is InChI=1S/C15H22N4/c1-15(2)10-19(9-8-13(15)16)14-17-11-6-4-5-7-12(11)18(14)3/h4-7,13H,8-10,16H2,1-3H3. The average Bonchev–Trinajstić information content (AvgIpc) is 2.71. The van der Waals surface area contributed by atoms with Crippen LogP contribution in [0.4, 0.5) is 5.95 Å². The van der Waals surface area contributed by atoms with Crippen LogP contribution < -0.4 is 10.6 Å². The third-order valence-electron chi connectivity index (χ3n) is 4.36. The quantitative estimate of drug-likeness (QED) is 0.852. The van der Waals surface area contributed by atoms with Crippen molar-refractivity contribution >= 4 is 17.0 Å². The van der Waals surface area contributed by atoms with Gasteiger partial charge in [0, 0.05) is 26.2 Å². The molecular weight excluding hydrogens is 236 g/mol. The Hall–Kier alpha value is -1.55. The predicted octanol–water partition coefficient (Wildman–Crippen LogP) is 2.14. The van der Waals surface area contributed by atoms with E-state index in [9.17, 15) is 0 Å². The maximum Gasteiger partial charge on any atom is 0.206 e. The Labute approximate surface area is 114 Å². The van der Waals surface area contributed by atoms with E-state index in [0.717, 1.165) is 31.0 Å². The number of para-hydroxylation sites is 2. The fraction of sp³-hybridized carbons (Fsp3) is 0.533. The van der Waals surface area contributed by atoms with Crippen LogP contribution in [-0.2, 0) is 7.05 Å². The van der Waals surface area contributed by atoms with E-state index < -0.39 is 0 Å². The lowest BCUT2D eigenvalue weighted by molar-refractivity contribution is 0.243. The largest absolute Gasteiger partial charge is 0.342 e. The predicted molar refractivity (Wildman–Crippen MR) is 79.3 cm³/mol. The molecule has 0 saturated carbocycles. The number of benzene rings is 1. The van der Waals surface area contributed by atoms with Crippen molar-refractivity contribution in [1.29, 1.82) is 0 Å². The molecule has 0 aliphatic carbocycles. The summed E-state index contributed by atoms with van der Waals surface area (Å²) >= 11 is 0. The first-order chi connectivity index (χ1) is 8.99. The molecule has 1 aliphatic heterocycles. The highest BCUT2D eigenvalue weighted by Crippen LogP contribution is 2.31. The first-order valence-corrected chi connectivity index (χ1v) is 6.91. The molecule has 0 spiro atoms. The molecule has 0 bridgehead atoms. The summed E-state index contributed by atoms with van der Waals surface area (Å²) in [4.78, 5) is 7.14. The molecule has 1 fully saturated rings. The molecular formula is C15H22N4. The number of aromatic nitrogens is 2. The lowest BCUT2D eigenvalue weighted by Crippen LogP contribution is -2.53. The Morgan fingerprint density at radius 1 is 1.32 bits per heavy atom. The Bertz CT molecular complexity index is 599.